The Balaban J connectivity index is 1.95. The van der Waals surface area contributed by atoms with Crippen molar-refractivity contribution in [2.24, 2.45) is 0 Å². The van der Waals surface area contributed by atoms with Crippen LogP contribution in [0.5, 0.6) is 0 Å². The topological polar surface area (TPSA) is 45.2 Å². The van der Waals surface area contributed by atoms with E-state index >= 15 is 0 Å². The van der Waals surface area contributed by atoms with Crippen LogP contribution in [-0.4, -0.2) is 35.4 Å². The summed E-state index contributed by atoms with van der Waals surface area (Å²) >= 11 is 0. The predicted octanol–water partition coefficient (Wildman–Crippen LogP) is 1.78. The van der Waals surface area contributed by atoms with Gasteiger partial charge in [-0.1, -0.05) is 13.0 Å². The van der Waals surface area contributed by atoms with Crippen LogP contribution in [-0.2, 0) is 10.2 Å². The molecular weight excluding hydrogens is 226 g/mol. The second kappa shape index (κ2) is 4.35. The minimum atomic E-state index is 0.0254. The van der Waals surface area contributed by atoms with Gasteiger partial charge in [-0.15, -0.1) is 0 Å². The summed E-state index contributed by atoms with van der Waals surface area (Å²) in [7, 11) is 0. The van der Waals surface area contributed by atoms with Crippen LogP contribution in [0, 0.1) is 0 Å². The van der Waals surface area contributed by atoms with E-state index in [1.54, 1.807) is 6.20 Å². The third-order valence-electron chi connectivity index (χ3n) is 4.40. The number of anilines is 1. The number of piperidine rings is 1. The van der Waals surface area contributed by atoms with E-state index in [1.807, 2.05) is 6.07 Å². The van der Waals surface area contributed by atoms with Crippen molar-refractivity contribution < 1.29 is 4.79 Å². The molecule has 0 bridgehead atoms. The number of hydrogen-bond donors (Lipinski definition) is 1. The van der Waals surface area contributed by atoms with Crippen LogP contribution in [0.15, 0.2) is 18.3 Å². The molecule has 1 saturated heterocycles. The van der Waals surface area contributed by atoms with Crippen molar-refractivity contribution in [3.63, 3.8) is 0 Å². The number of nitrogens with zero attached hydrogens (tertiary/aromatic N) is 2. The Bertz CT molecular complexity index is 464. The van der Waals surface area contributed by atoms with Crippen molar-refractivity contribution in [3.05, 3.63) is 23.9 Å². The number of nitrogens with one attached hydrogen (secondary N) is 1. The molecule has 0 aromatic carbocycles. The molecule has 3 heterocycles. The summed E-state index contributed by atoms with van der Waals surface area (Å²) in [6.45, 7) is 5.46. The van der Waals surface area contributed by atoms with Crippen molar-refractivity contribution in [2.45, 2.75) is 31.6 Å². The maximum Gasteiger partial charge on any atom is 0.226 e. The van der Waals surface area contributed by atoms with Crippen LogP contribution in [0.1, 0.15) is 31.7 Å². The second-order valence-corrected chi connectivity index (χ2v) is 5.34. The molecule has 0 radical (unpaired) electrons. The lowest BCUT2D eigenvalue weighted by Crippen LogP contribution is -2.46. The number of likely N-dealkylation sites (tertiary alicyclic amines) is 1. The number of pyridine rings is 1. The van der Waals surface area contributed by atoms with Crippen LogP contribution in [0.2, 0.25) is 0 Å². The number of rotatable bonds is 1. The van der Waals surface area contributed by atoms with E-state index in [0.717, 1.165) is 38.3 Å². The Morgan fingerprint density at radius 2 is 2.22 bits per heavy atom. The molecule has 1 spiro atoms. The minimum absolute atomic E-state index is 0.0254. The Morgan fingerprint density at radius 1 is 1.44 bits per heavy atom. The first-order chi connectivity index (χ1) is 8.73. The summed E-state index contributed by atoms with van der Waals surface area (Å²) in [5.41, 5.74) is 1.26. The van der Waals surface area contributed by atoms with Gasteiger partial charge < -0.3 is 10.2 Å². The van der Waals surface area contributed by atoms with E-state index in [1.165, 1.54) is 5.56 Å². The molecule has 1 amide bonds. The van der Waals surface area contributed by atoms with Crippen molar-refractivity contribution in [1.82, 2.24) is 9.88 Å². The highest BCUT2D eigenvalue weighted by molar-refractivity contribution is 5.94. The van der Waals surface area contributed by atoms with E-state index in [0.29, 0.717) is 6.42 Å². The van der Waals surface area contributed by atoms with Crippen LogP contribution in [0.25, 0.3) is 0 Å². The molecule has 0 aliphatic carbocycles. The number of fused-ring (bicyclic) bond motifs is 2. The highest BCUT2D eigenvalue weighted by Gasteiger charge is 2.42. The smallest absolute Gasteiger partial charge is 0.226 e. The van der Waals surface area contributed by atoms with Gasteiger partial charge in [0.25, 0.3) is 0 Å². The first kappa shape index (κ1) is 11.7. The first-order valence-electron chi connectivity index (χ1n) is 6.71. The molecule has 1 N–H and O–H groups in total. The standard InChI is InChI=1S/C14H19N3O/c1-2-17-8-5-14(6-9-17)10-12(18)16-13-11(14)4-3-7-15-13/h3-4,7H,2,5-6,8-10H2,1H3,(H,15,16,18). The zero-order valence-electron chi connectivity index (χ0n) is 10.8. The lowest BCUT2D eigenvalue weighted by Gasteiger charge is -2.44. The van der Waals surface area contributed by atoms with Crippen LogP contribution in [0.3, 0.4) is 0 Å². The summed E-state index contributed by atoms with van der Waals surface area (Å²) in [5.74, 6) is 0.893. The van der Waals surface area contributed by atoms with E-state index in [9.17, 15) is 4.79 Å². The molecule has 2 aliphatic rings. The maximum atomic E-state index is 11.9. The Morgan fingerprint density at radius 3 is 2.94 bits per heavy atom. The number of hydrogen-bond acceptors (Lipinski definition) is 3. The normalized spacial score (nSPS) is 22.6. The molecule has 1 aromatic heterocycles. The molecule has 0 saturated carbocycles. The monoisotopic (exact) mass is 245 g/mol. The third-order valence-corrected chi connectivity index (χ3v) is 4.40. The molecular formula is C14H19N3O. The molecule has 96 valence electrons. The highest BCUT2D eigenvalue weighted by atomic mass is 16.1. The first-order valence-corrected chi connectivity index (χ1v) is 6.71. The largest absolute Gasteiger partial charge is 0.310 e. The molecule has 3 rings (SSSR count). The SMILES string of the molecule is CCN1CCC2(CC1)CC(=O)Nc1ncccc12. The molecule has 1 aromatic rings. The van der Waals surface area contributed by atoms with Crippen molar-refractivity contribution in [2.75, 3.05) is 25.0 Å². The molecule has 0 unspecified atom stereocenters. The fraction of sp³-hybridized carbons (Fsp3) is 0.571. The van der Waals surface area contributed by atoms with E-state index < -0.39 is 0 Å². The fourth-order valence-electron chi connectivity index (χ4n) is 3.26. The third kappa shape index (κ3) is 1.81. The number of amides is 1. The van der Waals surface area contributed by atoms with Gasteiger partial charge in [-0.05, 0) is 38.5 Å². The van der Waals surface area contributed by atoms with Gasteiger partial charge in [0.05, 0.1) is 0 Å². The van der Waals surface area contributed by atoms with Gasteiger partial charge in [-0.2, -0.15) is 0 Å². The van der Waals surface area contributed by atoms with Crippen LogP contribution in [0.4, 0.5) is 5.82 Å². The van der Waals surface area contributed by atoms with Crippen molar-refractivity contribution in [3.8, 4) is 0 Å². The number of carbonyl (C=O) groups is 1. The summed E-state index contributed by atoms with van der Waals surface area (Å²) in [6.07, 6.45) is 4.49. The molecule has 1 fully saturated rings. The average Bonchev–Trinajstić information content (AvgIpc) is 2.39. The fourth-order valence-corrected chi connectivity index (χ4v) is 3.26. The van der Waals surface area contributed by atoms with Gasteiger partial charge in [0.2, 0.25) is 5.91 Å². The van der Waals surface area contributed by atoms with Crippen LogP contribution >= 0.6 is 0 Å². The minimum Gasteiger partial charge on any atom is -0.310 e. The van der Waals surface area contributed by atoms with E-state index in [-0.39, 0.29) is 11.3 Å². The Hall–Kier alpha value is -1.42. The zero-order valence-corrected chi connectivity index (χ0v) is 10.8. The van der Waals surface area contributed by atoms with E-state index in [4.69, 9.17) is 0 Å². The second-order valence-electron chi connectivity index (χ2n) is 5.34. The molecule has 0 atom stereocenters. The average molecular weight is 245 g/mol. The Labute approximate surface area is 107 Å². The molecule has 18 heavy (non-hydrogen) atoms. The quantitative estimate of drug-likeness (QED) is 0.820. The summed E-state index contributed by atoms with van der Waals surface area (Å²) in [6, 6.07) is 4.10. The molecule has 4 heteroatoms. The maximum absolute atomic E-state index is 11.9. The summed E-state index contributed by atoms with van der Waals surface area (Å²) in [5, 5.41) is 2.89. The summed E-state index contributed by atoms with van der Waals surface area (Å²) in [4.78, 5) is 18.7. The zero-order chi connectivity index (χ0) is 12.6. The van der Waals surface area contributed by atoms with Gasteiger partial charge in [0.1, 0.15) is 5.82 Å². The van der Waals surface area contributed by atoms with Gasteiger partial charge in [-0.3, -0.25) is 4.79 Å². The van der Waals surface area contributed by atoms with Gasteiger partial charge in [0.15, 0.2) is 0 Å². The van der Waals surface area contributed by atoms with Crippen LogP contribution < -0.4 is 5.32 Å². The Kier molecular flexibility index (Phi) is 2.82. The van der Waals surface area contributed by atoms with Crippen molar-refractivity contribution in [1.29, 1.82) is 0 Å². The lowest BCUT2D eigenvalue weighted by atomic mass is 9.69. The number of aromatic nitrogens is 1. The van der Waals surface area contributed by atoms with Gasteiger partial charge in [0, 0.05) is 23.6 Å². The van der Waals surface area contributed by atoms with Gasteiger partial charge in [-0.25, -0.2) is 4.98 Å². The lowest BCUT2D eigenvalue weighted by molar-refractivity contribution is -0.118. The van der Waals surface area contributed by atoms with Gasteiger partial charge >= 0.3 is 0 Å². The van der Waals surface area contributed by atoms with E-state index in [2.05, 4.69) is 28.2 Å². The predicted molar refractivity (Wildman–Crippen MR) is 70.5 cm³/mol. The molecule has 2 aliphatic heterocycles. The highest BCUT2D eigenvalue weighted by Crippen LogP contribution is 2.43. The molecule has 4 nitrogen and oxygen atoms in total. The summed E-state index contributed by atoms with van der Waals surface area (Å²) < 4.78 is 0. The number of carbonyl (C=O) groups excluding carboxylic acids is 1. The van der Waals surface area contributed by atoms with Crippen molar-refractivity contribution >= 4 is 11.7 Å².